The first-order valence-electron chi connectivity index (χ1n) is 10.3. The molecule has 7 heteroatoms. The van der Waals surface area contributed by atoms with Crippen molar-refractivity contribution >= 4 is 11.8 Å². The second kappa shape index (κ2) is 9.56. The van der Waals surface area contributed by atoms with Crippen molar-refractivity contribution in [3.63, 3.8) is 0 Å². The molecule has 0 saturated carbocycles. The van der Waals surface area contributed by atoms with E-state index < -0.39 is 0 Å². The highest BCUT2D eigenvalue weighted by Crippen LogP contribution is 2.16. The van der Waals surface area contributed by atoms with Crippen LogP contribution in [0.25, 0.3) is 5.69 Å². The molecule has 1 saturated heterocycles. The Morgan fingerprint density at radius 1 is 0.967 bits per heavy atom. The zero-order valence-electron chi connectivity index (χ0n) is 17.2. The van der Waals surface area contributed by atoms with Gasteiger partial charge in [0.2, 0.25) is 0 Å². The fourth-order valence-electron chi connectivity index (χ4n) is 3.63. The lowest BCUT2D eigenvalue weighted by Crippen LogP contribution is -2.48. The normalized spacial score (nSPS) is 16.2. The van der Waals surface area contributed by atoms with E-state index in [4.69, 9.17) is 0 Å². The Balaban J connectivity index is 1.41. The minimum atomic E-state index is -0.253. The number of para-hydroxylation sites is 1. The van der Waals surface area contributed by atoms with Gasteiger partial charge in [-0.05, 0) is 24.7 Å². The van der Waals surface area contributed by atoms with Gasteiger partial charge < -0.3 is 10.2 Å². The van der Waals surface area contributed by atoms with Gasteiger partial charge in [0.15, 0.2) is 5.82 Å². The molecule has 0 bridgehead atoms. The van der Waals surface area contributed by atoms with Crippen LogP contribution in [-0.4, -0.2) is 65.4 Å². The lowest BCUT2D eigenvalue weighted by atomic mass is 10.1. The third-order valence-electron chi connectivity index (χ3n) is 5.40. The highest BCUT2D eigenvalue weighted by atomic mass is 16.2. The number of likely N-dealkylation sites (N-methyl/N-ethyl adjacent to an activating group) is 1. The SMILES string of the molecule is CN1CCN(CC(NC(=O)Nc2ccn(-c3ccccc3)n2)c2ccccc2)CC1. The lowest BCUT2D eigenvalue weighted by Gasteiger charge is -2.35. The molecular formula is C23H28N6O. The minimum absolute atomic E-state index is 0.0918. The Hall–Kier alpha value is -3.16. The van der Waals surface area contributed by atoms with Gasteiger partial charge in [0.1, 0.15) is 0 Å². The topological polar surface area (TPSA) is 65.4 Å². The lowest BCUT2D eigenvalue weighted by molar-refractivity contribution is 0.143. The maximum Gasteiger partial charge on any atom is 0.320 e. The maximum atomic E-state index is 12.7. The molecule has 2 aromatic carbocycles. The number of benzene rings is 2. The third-order valence-corrected chi connectivity index (χ3v) is 5.40. The zero-order chi connectivity index (χ0) is 20.8. The fourth-order valence-corrected chi connectivity index (χ4v) is 3.63. The highest BCUT2D eigenvalue weighted by Gasteiger charge is 2.21. The number of carbonyl (C=O) groups is 1. The summed E-state index contributed by atoms with van der Waals surface area (Å²) in [6.45, 7) is 4.88. The van der Waals surface area contributed by atoms with Crippen molar-refractivity contribution in [1.29, 1.82) is 0 Å². The van der Waals surface area contributed by atoms with Crippen molar-refractivity contribution in [3.8, 4) is 5.69 Å². The van der Waals surface area contributed by atoms with Crippen LogP contribution in [-0.2, 0) is 0 Å². The average molecular weight is 405 g/mol. The highest BCUT2D eigenvalue weighted by molar-refractivity contribution is 5.88. The monoisotopic (exact) mass is 404 g/mol. The van der Waals surface area contributed by atoms with Crippen LogP contribution < -0.4 is 10.6 Å². The quantitative estimate of drug-likeness (QED) is 0.663. The number of nitrogens with one attached hydrogen (secondary N) is 2. The Morgan fingerprint density at radius 2 is 1.63 bits per heavy atom. The summed E-state index contributed by atoms with van der Waals surface area (Å²) in [7, 11) is 2.15. The molecule has 4 rings (SSSR count). The van der Waals surface area contributed by atoms with Gasteiger partial charge in [-0.1, -0.05) is 48.5 Å². The van der Waals surface area contributed by atoms with E-state index >= 15 is 0 Å². The van der Waals surface area contributed by atoms with E-state index in [1.807, 2.05) is 54.7 Å². The molecule has 2 N–H and O–H groups in total. The average Bonchev–Trinajstić information content (AvgIpc) is 3.24. The predicted molar refractivity (Wildman–Crippen MR) is 119 cm³/mol. The molecule has 2 amide bonds. The van der Waals surface area contributed by atoms with E-state index in [1.165, 1.54) is 0 Å². The van der Waals surface area contributed by atoms with Crippen LogP contribution >= 0.6 is 0 Å². The summed E-state index contributed by atoms with van der Waals surface area (Å²) in [4.78, 5) is 17.5. The first-order valence-corrected chi connectivity index (χ1v) is 10.3. The van der Waals surface area contributed by atoms with Gasteiger partial charge in [-0.25, -0.2) is 9.48 Å². The predicted octanol–water partition coefficient (Wildman–Crippen LogP) is 2.98. The van der Waals surface area contributed by atoms with E-state index in [0.29, 0.717) is 5.82 Å². The molecule has 1 aliphatic rings. The number of amides is 2. The third kappa shape index (κ3) is 5.25. The molecule has 0 aliphatic carbocycles. The fraction of sp³-hybridized carbons (Fsp3) is 0.304. The van der Waals surface area contributed by atoms with Gasteiger partial charge in [0.05, 0.1) is 11.7 Å². The molecule has 156 valence electrons. The number of nitrogens with zero attached hydrogens (tertiary/aromatic N) is 4. The van der Waals surface area contributed by atoms with E-state index in [1.54, 1.807) is 10.7 Å². The number of piperazine rings is 1. The zero-order valence-corrected chi connectivity index (χ0v) is 17.2. The van der Waals surface area contributed by atoms with E-state index in [2.05, 4.69) is 44.7 Å². The summed E-state index contributed by atoms with van der Waals surface area (Å²) in [5.41, 5.74) is 2.05. The first kappa shape index (κ1) is 20.1. The van der Waals surface area contributed by atoms with Crippen molar-refractivity contribution in [2.75, 3.05) is 45.1 Å². The molecule has 1 aliphatic heterocycles. The van der Waals surface area contributed by atoms with Crippen LogP contribution in [0.5, 0.6) is 0 Å². The summed E-state index contributed by atoms with van der Waals surface area (Å²) in [6, 6.07) is 21.4. The molecule has 30 heavy (non-hydrogen) atoms. The Morgan fingerprint density at radius 3 is 2.33 bits per heavy atom. The number of aromatic nitrogens is 2. The molecule has 1 aromatic heterocycles. The standard InChI is InChI=1S/C23H28N6O/c1-27-14-16-28(17-15-27)18-21(19-8-4-2-5-9-19)24-23(30)25-22-12-13-29(26-22)20-10-6-3-7-11-20/h2-13,21H,14-18H2,1H3,(H2,24,25,26,30). The Kier molecular flexibility index (Phi) is 6.41. The van der Waals surface area contributed by atoms with Gasteiger partial charge >= 0.3 is 6.03 Å². The summed E-state index contributed by atoms with van der Waals surface area (Å²) >= 11 is 0. The van der Waals surface area contributed by atoms with Gasteiger partial charge in [-0.15, -0.1) is 5.10 Å². The van der Waals surface area contributed by atoms with Crippen LogP contribution in [0.4, 0.5) is 10.6 Å². The van der Waals surface area contributed by atoms with Crippen molar-refractivity contribution < 1.29 is 4.79 Å². The summed E-state index contributed by atoms with van der Waals surface area (Å²) in [5.74, 6) is 0.516. The van der Waals surface area contributed by atoms with Crippen molar-refractivity contribution in [3.05, 3.63) is 78.5 Å². The van der Waals surface area contributed by atoms with Gasteiger partial charge in [0.25, 0.3) is 0 Å². The second-order valence-electron chi connectivity index (χ2n) is 7.65. The summed E-state index contributed by atoms with van der Waals surface area (Å²) in [6.07, 6.45) is 1.84. The molecule has 2 heterocycles. The van der Waals surface area contributed by atoms with E-state index in [0.717, 1.165) is 44.0 Å². The van der Waals surface area contributed by atoms with Crippen LogP contribution in [0, 0.1) is 0 Å². The second-order valence-corrected chi connectivity index (χ2v) is 7.65. The largest absolute Gasteiger partial charge is 0.330 e. The number of carbonyl (C=O) groups excluding carboxylic acids is 1. The van der Waals surface area contributed by atoms with Gasteiger partial charge in [-0.2, -0.15) is 0 Å². The van der Waals surface area contributed by atoms with E-state index in [9.17, 15) is 4.79 Å². The number of rotatable bonds is 6. The summed E-state index contributed by atoms with van der Waals surface area (Å²) < 4.78 is 1.74. The number of urea groups is 1. The molecule has 3 aromatic rings. The Labute approximate surface area is 177 Å². The molecule has 0 radical (unpaired) electrons. The van der Waals surface area contributed by atoms with Crippen molar-refractivity contribution in [2.45, 2.75) is 6.04 Å². The first-order chi connectivity index (χ1) is 14.7. The van der Waals surface area contributed by atoms with Gasteiger partial charge in [0, 0.05) is 45.0 Å². The van der Waals surface area contributed by atoms with E-state index in [-0.39, 0.29) is 12.1 Å². The molecular weight excluding hydrogens is 376 g/mol. The van der Waals surface area contributed by atoms with Crippen molar-refractivity contribution in [2.24, 2.45) is 0 Å². The minimum Gasteiger partial charge on any atom is -0.330 e. The Bertz CT molecular complexity index is 935. The number of anilines is 1. The maximum absolute atomic E-state index is 12.7. The van der Waals surface area contributed by atoms with Crippen LogP contribution in [0.3, 0.4) is 0 Å². The van der Waals surface area contributed by atoms with Crippen LogP contribution in [0.1, 0.15) is 11.6 Å². The molecule has 1 unspecified atom stereocenters. The molecule has 1 fully saturated rings. The van der Waals surface area contributed by atoms with Crippen molar-refractivity contribution in [1.82, 2.24) is 24.9 Å². The number of hydrogen-bond acceptors (Lipinski definition) is 4. The van der Waals surface area contributed by atoms with Gasteiger partial charge in [-0.3, -0.25) is 10.2 Å². The number of hydrogen-bond donors (Lipinski definition) is 2. The summed E-state index contributed by atoms with van der Waals surface area (Å²) in [5, 5.41) is 10.5. The van der Waals surface area contributed by atoms with Crippen LogP contribution in [0.15, 0.2) is 72.9 Å². The van der Waals surface area contributed by atoms with Crippen LogP contribution in [0.2, 0.25) is 0 Å². The molecule has 1 atom stereocenters. The smallest absolute Gasteiger partial charge is 0.320 e. The molecule has 0 spiro atoms. The molecule has 7 nitrogen and oxygen atoms in total.